The SMILES string of the molecule is CC(CN)NC1CC(O)C1(C)C. The molecule has 0 aromatic rings. The first-order chi connectivity index (χ1) is 5.48. The topological polar surface area (TPSA) is 58.3 Å². The normalized spacial score (nSPS) is 35.8. The molecule has 0 aromatic carbocycles. The molecule has 0 bridgehead atoms. The Labute approximate surface area is 74.3 Å². The van der Waals surface area contributed by atoms with Gasteiger partial charge in [-0.25, -0.2) is 0 Å². The van der Waals surface area contributed by atoms with E-state index in [9.17, 15) is 5.11 Å². The summed E-state index contributed by atoms with van der Waals surface area (Å²) in [5, 5.41) is 12.9. The summed E-state index contributed by atoms with van der Waals surface area (Å²) in [6, 6.07) is 0.771. The summed E-state index contributed by atoms with van der Waals surface area (Å²) in [5.74, 6) is 0. The van der Waals surface area contributed by atoms with Crippen molar-refractivity contribution < 1.29 is 5.11 Å². The van der Waals surface area contributed by atoms with Crippen LogP contribution in [0, 0.1) is 5.41 Å². The smallest absolute Gasteiger partial charge is 0.0621 e. The number of rotatable bonds is 3. The van der Waals surface area contributed by atoms with E-state index in [1.807, 2.05) is 0 Å². The van der Waals surface area contributed by atoms with E-state index in [4.69, 9.17) is 5.73 Å². The molecule has 1 rings (SSSR count). The highest BCUT2D eigenvalue weighted by atomic mass is 16.3. The fourth-order valence-electron chi connectivity index (χ4n) is 1.60. The Morgan fingerprint density at radius 1 is 1.67 bits per heavy atom. The first-order valence-electron chi connectivity index (χ1n) is 4.62. The van der Waals surface area contributed by atoms with Gasteiger partial charge in [-0.05, 0) is 13.3 Å². The van der Waals surface area contributed by atoms with Gasteiger partial charge in [0.05, 0.1) is 6.10 Å². The van der Waals surface area contributed by atoms with E-state index >= 15 is 0 Å². The maximum atomic E-state index is 9.46. The first-order valence-corrected chi connectivity index (χ1v) is 4.62. The zero-order valence-electron chi connectivity index (χ0n) is 8.17. The summed E-state index contributed by atoms with van der Waals surface area (Å²) in [6.07, 6.45) is 0.706. The molecule has 1 saturated carbocycles. The van der Waals surface area contributed by atoms with E-state index in [1.54, 1.807) is 0 Å². The van der Waals surface area contributed by atoms with Crippen LogP contribution in [0.25, 0.3) is 0 Å². The minimum absolute atomic E-state index is 0.0173. The molecule has 0 saturated heterocycles. The highest BCUT2D eigenvalue weighted by Gasteiger charge is 2.47. The molecule has 0 radical (unpaired) electrons. The summed E-state index contributed by atoms with van der Waals surface area (Å²) < 4.78 is 0. The number of hydrogen-bond acceptors (Lipinski definition) is 3. The van der Waals surface area contributed by atoms with Gasteiger partial charge in [-0.15, -0.1) is 0 Å². The van der Waals surface area contributed by atoms with Gasteiger partial charge in [0.15, 0.2) is 0 Å². The van der Waals surface area contributed by atoms with E-state index in [1.165, 1.54) is 0 Å². The number of aliphatic hydroxyl groups is 1. The molecule has 3 heteroatoms. The highest BCUT2D eigenvalue weighted by molar-refractivity contribution is 5.02. The fraction of sp³-hybridized carbons (Fsp3) is 1.00. The quantitative estimate of drug-likeness (QED) is 0.565. The van der Waals surface area contributed by atoms with Crippen LogP contribution in [0.1, 0.15) is 27.2 Å². The Morgan fingerprint density at radius 2 is 2.25 bits per heavy atom. The molecule has 1 fully saturated rings. The van der Waals surface area contributed by atoms with Crippen molar-refractivity contribution in [1.82, 2.24) is 5.32 Å². The largest absolute Gasteiger partial charge is 0.392 e. The molecule has 0 heterocycles. The van der Waals surface area contributed by atoms with E-state index in [0.29, 0.717) is 18.6 Å². The van der Waals surface area contributed by atoms with Crippen molar-refractivity contribution in [2.24, 2.45) is 11.1 Å². The van der Waals surface area contributed by atoms with Gasteiger partial charge >= 0.3 is 0 Å². The first kappa shape index (κ1) is 9.96. The van der Waals surface area contributed by atoms with Crippen molar-refractivity contribution in [3.8, 4) is 0 Å². The standard InChI is InChI=1S/C9H20N2O/c1-6(5-10)11-7-4-8(12)9(7,2)3/h6-8,11-12H,4-5,10H2,1-3H3. The zero-order chi connectivity index (χ0) is 9.35. The van der Waals surface area contributed by atoms with Gasteiger partial charge in [-0.3, -0.25) is 0 Å². The zero-order valence-corrected chi connectivity index (χ0v) is 8.17. The van der Waals surface area contributed by atoms with Gasteiger partial charge in [0, 0.05) is 24.0 Å². The van der Waals surface area contributed by atoms with Crippen molar-refractivity contribution in [3.05, 3.63) is 0 Å². The molecule has 0 aliphatic heterocycles. The van der Waals surface area contributed by atoms with E-state index in [0.717, 1.165) is 6.42 Å². The van der Waals surface area contributed by atoms with E-state index in [-0.39, 0.29) is 11.5 Å². The van der Waals surface area contributed by atoms with Gasteiger partial charge in [-0.2, -0.15) is 0 Å². The molecule has 3 nitrogen and oxygen atoms in total. The molecule has 1 aliphatic carbocycles. The van der Waals surface area contributed by atoms with Crippen LogP contribution >= 0.6 is 0 Å². The van der Waals surface area contributed by atoms with Gasteiger partial charge in [0.2, 0.25) is 0 Å². The van der Waals surface area contributed by atoms with Crippen LogP contribution in [0.2, 0.25) is 0 Å². The lowest BCUT2D eigenvalue weighted by Crippen LogP contribution is -2.62. The molecule has 12 heavy (non-hydrogen) atoms. The Kier molecular flexibility index (Phi) is 2.76. The summed E-state index contributed by atoms with van der Waals surface area (Å²) in [5.41, 5.74) is 5.51. The molecule has 0 amide bonds. The lowest BCUT2D eigenvalue weighted by molar-refractivity contribution is -0.0750. The van der Waals surface area contributed by atoms with Crippen LogP contribution in [0.15, 0.2) is 0 Å². The average molecular weight is 172 g/mol. The summed E-state index contributed by atoms with van der Waals surface area (Å²) in [7, 11) is 0. The van der Waals surface area contributed by atoms with Crippen molar-refractivity contribution >= 4 is 0 Å². The maximum Gasteiger partial charge on any atom is 0.0621 e. The summed E-state index contributed by atoms with van der Waals surface area (Å²) >= 11 is 0. The van der Waals surface area contributed by atoms with Gasteiger partial charge in [0.1, 0.15) is 0 Å². The Morgan fingerprint density at radius 3 is 2.58 bits per heavy atom. The van der Waals surface area contributed by atoms with Gasteiger partial charge in [0.25, 0.3) is 0 Å². The van der Waals surface area contributed by atoms with Crippen LogP contribution < -0.4 is 11.1 Å². The predicted octanol–water partition coefficient (Wildman–Crippen LogP) is 0.0826. The minimum Gasteiger partial charge on any atom is -0.392 e. The molecule has 72 valence electrons. The number of nitrogens with one attached hydrogen (secondary N) is 1. The van der Waals surface area contributed by atoms with E-state index in [2.05, 4.69) is 26.1 Å². The summed E-state index contributed by atoms with van der Waals surface area (Å²) in [4.78, 5) is 0. The molecule has 3 atom stereocenters. The number of hydrogen-bond donors (Lipinski definition) is 3. The third kappa shape index (κ3) is 1.63. The molecular weight excluding hydrogens is 152 g/mol. The minimum atomic E-state index is -0.153. The Balaban J connectivity index is 2.37. The highest BCUT2D eigenvalue weighted by Crippen LogP contribution is 2.40. The van der Waals surface area contributed by atoms with Crippen LogP contribution in [0.5, 0.6) is 0 Å². The lowest BCUT2D eigenvalue weighted by atomic mass is 9.64. The second kappa shape index (κ2) is 3.32. The molecular formula is C9H20N2O. The van der Waals surface area contributed by atoms with Crippen LogP contribution in [0.3, 0.4) is 0 Å². The third-order valence-corrected chi connectivity index (χ3v) is 3.06. The molecule has 0 spiro atoms. The second-order valence-electron chi connectivity index (χ2n) is 4.43. The van der Waals surface area contributed by atoms with Crippen molar-refractivity contribution in [2.45, 2.75) is 45.4 Å². The van der Waals surface area contributed by atoms with Crippen molar-refractivity contribution in [3.63, 3.8) is 0 Å². The second-order valence-corrected chi connectivity index (χ2v) is 4.43. The number of nitrogens with two attached hydrogens (primary N) is 1. The van der Waals surface area contributed by atoms with Gasteiger partial charge < -0.3 is 16.2 Å². The molecule has 4 N–H and O–H groups in total. The molecule has 0 aromatic heterocycles. The van der Waals surface area contributed by atoms with Crippen LogP contribution in [-0.2, 0) is 0 Å². The maximum absolute atomic E-state index is 9.46. The lowest BCUT2D eigenvalue weighted by Gasteiger charge is -2.50. The predicted molar refractivity (Wildman–Crippen MR) is 49.8 cm³/mol. The third-order valence-electron chi connectivity index (χ3n) is 3.06. The monoisotopic (exact) mass is 172 g/mol. The van der Waals surface area contributed by atoms with E-state index < -0.39 is 0 Å². The molecule has 3 unspecified atom stereocenters. The molecule has 1 aliphatic rings. The van der Waals surface area contributed by atoms with Crippen LogP contribution in [0.4, 0.5) is 0 Å². The van der Waals surface area contributed by atoms with Crippen LogP contribution in [-0.4, -0.2) is 29.8 Å². The number of aliphatic hydroxyl groups excluding tert-OH is 1. The Bertz CT molecular complexity index is 159. The van der Waals surface area contributed by atoms with Crippen molar-refractivity contribution in [1.29, 1.82) is 0 Å². The van der Waals surface area contributed by atoms with Gasteiger partial charge in [-0.1, -0.05) is 13.8 Å². The summed E-state index contributed by atoms with van der Waals surface area (Å²) in [6.45, 7) is 6.90. The Hall–Kier alpha value is -0.120. The fourth-order valence-corrected chi connectivity index (χ4v) is 1.60. The average Bonchev–Trinajstić information content (AvgIpc) is 2.03. The van der Waals surface area contributed by atoms with Crippen molar-refractivity contribution in [2.75, 3.05) is 6.54 Å².